The number of carboxylic acids is 1. The van der Waals surface area contributed by atoms with E-state index in [-0.39, 0.29) is 5.82 Å². The van der Waals surface area contributed by atoms with Crippen molar-refractivity contribution in [1.82, 2.24) is 0 Å². The SMILES string of the molecule is CC(C)Nc1ccc(F)cc1.O=C(O)CO. The number of halogens is 1. The van der Waals surface area contributed by atoms with Crippen molar-refractivity contribution in [1.29, 1.82) is 0 Å². The Bertz CT molecular complexity index is 312. The zero-order valence-corrected chi connectivity index (χ0v) is 9.27. The van der Waals surface area contributed by atoms with Crippen molar-refractivity contribution in [2.45, 2.75) is 19.9 Å². The standard InChI is InChI=1S/C9H12FN.C2H4O3/c1-7(2)11-9-5-3-8(10)4-6-9;3-1-2(4)5/h3-7,11H,1-2H3;3H,1H2,(H,4,5). The molecule has 16 heavy (non-hydrogen) atoms. The fourth-order valence-electron chi connectivity index (χ4n) is 0.879. The Kier molecular flexibility index (Phi) is 6.87. The smallest absolute Gasteiger partial charge is 0.329 e. The van der Waals surface area contributed by atoms with E-state index in [4.69, 9.17) is 15.0 Å². The molecule has 1 aromatic rings. The van der Waals surface area contributed by atoms with E-state index in [2.05, 4.69) is 5.32 Å². The van der Waals surface area contributed by atoms with Crippen LogP contribution in [0.3, 0.4) is 0 Å². The molecule has 0 heterocycles. The molecule has 5 heteroatoms. The van der Waals surface area contributed by atoms with Crippen LogP contribution in [0.25, 0.3) is 0 Å². The van der Waals surface area contributed by atoms with Gasteiger partial charge in [0.2, 0.25) is 0 Å². The van der Waals surface area contributed by atoms with Gasteiger partial charge in [0.15, 0.2) is 0 Å². The van der Waals surface area contributed by atoms with Crippen molar-refractivity contribution in [2.75, 3.05) is 11.9 Å². The van der Waals surface area contributed by atoms with Crippen molar-refractivity contribution >= 4 is 11.7 Å². The molecule has 0 aliphatic rings. The molecule has 1 aromatic carbocycles. The molecule has 0 saturated heterocycles. The lowest BCUT2D eigenvalue weighted by Crippen LogP contribution is -2.09. The largest absolute Gasteiger partial charge is 0.480 e. The molecule has 0 radical (unpaired) electrons. The number of hydrogen-bond acceptors (Lipinski definition) is 3. The van der Waals surface area contributed by atoms with E-state index >= 15 is 0 Å². The summed E-state index contributed by atoms with van der Waals surface area (Å²) in [4.78, 5) is 9.12. The monoisotopic (exact) mass is 229 g/mol. The Morgan fingerprint density at radius 1 is 1.38 bits per heavy atom. The Balaban J connectivity index is 0.000000385. The lowest BCUT2D eigenvalue weighted by Gasteiger charge is -2.08. The number of aliphatic hydroxyl groups excluding tert-OH is 1. The van der Waals surface area contributed by atoms with Crippen LogP contribution in [0.15, 0.2) is 24.3 Å². The summed E-state index contributed by atoms with van der Waals surface area (Å²) in [5, 5.41) is 18.2. The summed E-state index contributed by atoms with van der Waals surface area (Å²) in [6.45, 7) is 3.31. The summed E-state index contributed by atoms with van der Waals surface area (Å²) < 4.78 is 12.4. The Hall–Kier alpha value is -1.62. The lowest BCUT2D eigenvalue weighted by atomic mass is 10.3. The maximum Gasteiger partial charge on any atom is 0.329 e. The van der Waals surface area contributed by atoms with E-state index in [1.807, 2.05) is 13.8 Å². The molecule has 0 bridgehead atoms. The number of benzene rings is 1. The van der Waals surface area contributed by atoms with Crippen LogP contribution >= 0.6 is 0 Å². The summed E-state index contributed by atoms with van der Waals surface area (Å²) >= 11 is 0. The van der Waals surface area contributed by atoms with Gasteiger partial charge in [-0.2, -0.15) is 0 Å². The summed E-state index contributed by atoms with van der Waals surface area (Å²) in [6, 6.07) is 6.75. The van der Waals surface area contributed by atoms with Gasteiger partial charge in [-0.05, 0) is 38.1 Å². The average Bonchev–Trinajstić information content (AvgIpc) is 2.22. The molecule has 1 rings (SSSR count). The van der Waals surface area contributed by atoms with E-state index in [0.29, 0.717) is 6.04 Å². The highest BCUT2D eigenvalue weighted by Crippen LogP contribution is 2.08. The first-order chi connectivity index (χ1) is 7.45. The van der Waals surface area contributed by atoms with Crippen molar-refractivity contribution in [2.24, 2.45) is 0 Å². The maximum absolute atomic E-state index is 12.4. The number of rotatable bonds is 3. The topological polar surface area (TPSA) is 69.6 Å². The second-order valence-corrected chi connectivity index (χ2v) is 3.36. The van der Waals surface area contributed by atoms with Gasteiger partial charge < -0.3 is 15.5 Å². The summed E-state index contributed by atoms with van der Waals surface area (Å²) in [7, 11) is 0. The van der Waals surface area contributed by atoms with Crippen LogP contribution < -0.4 is 5.32 Å². The minimum absolute atomic E-state index is 0.195. The Morgan fingerprint density at radius 2 is 1.81 bits per heavy atom. The van der Waals surface area contributed by atoms with Gasteiger partial charge in [0, 0.05) is 11.7 Å². The highest BCUT2D eigenvalue weighted by molar-refractivity contribution is 5.67. The fourth-order valence-corrected chi connectivity index (χ4v) is 0.879. The lowest BCUT2D eigenvalue weighted by molar-refractivity contribution is -0.140. The van der Waals surface area contributed by atoms with Gasteiger partial charge in [0.05, 0.1) is 0 Å². The molecule has 3 N–H and O–H groups in total. The van der Waals surface area contributed by atoms with Crippen LogP contribution in [0, 0.1) is 5.82 Å². The maximum atomic E-state index is 12.4. The Labute approximate surface area is 93.7 Å². The molecule has 0 aliphatic heterocycles. The quantitative estimate of drug-likeness (QED) is 0.738. The van der Waals surface area contributed by atoms with Gasteiger partial charge in [0.1, 0.15) is 12.4 Å². The van der Waals surface area contributed by atoms with Gasteiger partial charge in [-0.1, -0.05) is 0 Å². The van der Waals surface area contributed by atoms with E-state index in [1.165, 1.54) is 12.1 Å². The van der Waals surface area contributed by atoms with Gasteiger partial charge >= 0.3 is 5.97 Å². The third kappa shape index (κ3) is 7.75. The minimum atomic E-state index is -1.19. The molecule has 4 nitrogen and oxygen atoms in total. The normalized spacial score (nSPS) is 9.31. The second-order valence-electron chi connectivity index (χ2n) is 3.36. The number of aliphatic carboxylic acids is 1. The van der Waals surface area contributed by atoms with Crippen LogP contribution in [-0.2, 0) is 4.79 Å². The summed E-state index contributed by atoms with van der Waals surface area (Å²) in [5.41, 5.74) is 0.960. The molecular formula is C11H16FNO3. The van der Waals surface area contributed by atoms with Crippen LogP contribution in [0.2, 0.25) is 0 Å². The van der Waals surface area contributed by atoms with Crippen LogP contribution in [-0.4, -0.2) is 28.8 Å². The molecule has 0 aromatic heterocycles. The number of aliphatic hydroxyl groups is 1. The molecule has 0 spiro atoms. The first-order valence-corrected chi connectivity index (χ1v) is 4.80. The summed E-state index contributed by atoms with van der Waals surface area (Å²) in [5.74, 6) is -1.38. The zero-order chi connectivity index (χ0) is 12.6. The molecule has 0 aliphatic carbocycles. The highest BCUT2D eigenvalue weighted by atomic mass is 19.1. The fraction of sp³-hybridized carbons (Fsp3) is 0.364. The van der Waals surface area contributed by atoms with Gasteiger partial charge in [-0.25, -0.2) is 9.18 Å². The number of hydrogen-bond donors (Lipinski definition) is 3. The predicted molar refractivity (Wildman–Crippen MR) is 59.9 cm³/mol. The van der Waals surface area contributed by atoms with Gasteiger partial charge in [0.25, 0.3) is 0 Å². The third-order valence-electron chi connectivity index (χ3n) is 1.43. The van der Waals surface area contributed by atoms with E-state index in [1.54, 1.807) is 12.1 Å². The molecular weight excluding hydrogens is 213 g/mol. The van der Waals surface area contributed by atoms with Crippen molar-refractivity contribution in [3.05, 3.63) is 30.1 Å². The zero-order valence-electron chi connectivity index (χ0n) is 9.27. The molecule has 0 fully saturated rings. The van der Waals surface area contributed by atoms with Gasteiger partial charge in [-0.3, -0.25) is 0 Å². The number of nitrogens with one attached hydrogen (secondary N) is 1. The second kappa shape index (κ2) is 7.64. The number of anilines is 1. The van der Waals surface area contributed by atoms with E-state index in [0.717, 1.165) is 5.69 Å². The van der Waals surface area contributed by atoms with Crippen LogP contribution in [0.4, 0.5) is 10.1 Å². The summed E-state index contributed by atoms with van der Waals surface area (Å²) in [6.07, 6.45) is 0. The van der Waals surface area contributed by atoms with Crippen molar-refractivity contribution < 1.29 is 19.4 Å². The first-order valence-electron chi connectivity index (χ1n) is 4.80. The van der Waals surface area contributed by atoms with E-state index < -0.39 is 12.6 Å². The first kappa shape index (κ1) is 14.4. The average molecular weight is 229 g/mol. The number of carboxylic acid groups (broad SMARTS) is 1. The van der Waals surface area contributed by atoms with Crippen LogP contribution in [0.1, 0.15) is 13.8 Å². The molecule has 0 saturated carbocycles. The Morgan fingerprint density at radius 3 is 2.12 bits per heavy atom. The molecule has 0 amide bonds. The highest BCUT2D eigenvalue weighted by Gasteiger charge is 1.93. The van der Waals surface area contributed by atoms with Gasteiger partial charge in [-0.15, -0.1) is 0 Å². The minimum Gasteiger partial charge on any atom is -0.480 e. The van der Waals surface area contributed by atoms with Crippen molar-refractivity contribution in [3.63, 3.8) is 0 Å². The molecule has 0 unspecified atom stereocenters. The van der Waals surface area contributed by atoms with Crippen molar-refractivity contribution in [3.8, 4) is 0 Å². The predicted octanol–water partition coefficient (Wildman–Crippen LogP) is 1.71. The number of carbonyl (C=O) groups is 1. The molecule has 0 atom stereocenters. The van der Waals surface area contributed by atoms with Crippen LogP contribution in [0.5, 0.6) is 0 Å². The third-order valence-corrected chi connectivity index (χ3v) is 1.43. The van der Waals surface area contributed by atoms with E-state index in [9.17, 15) is 4.39 Å². The molecule has 90 valence electrons.